The Hall–Kier alpha value is -2.19. The molecule has 1 unspecified atom stereocenters. The maximum Gasteiger partial charge on any atom is 0.266 e. The van der Waals surface area contributed by atoms with Gasteiger partial charge in [0.2, 0.25) is 10.0 Å². The highest BCUT2D eigenvalue weighted by Gasteiger charge is 2.28. The van der Waals surface area contributed by atoms with Crippen LogP contribution in [0.25, 0.3) is 0 Å². The van der Waals surface area contributed by atoms with Crippen LogP contribution in [0.4, 0.5) is 5.82 Å². The van der Waals surface area contributed by atoms with E-state index in [1.54, 1.807) is 38.2 Å². The highest BCUT2D eigenvalue weighted by Crippen LogP contribution is 2.20. The Labute approximate surface area is 141 Å². The molecule has 0 spiro atoms. The summed E-state index contributed by atoms with van der Waals surface area (Å²) in [7, 11) is -1.95. The van der Waals surface area contributed by atoms with Gasteiger partial charge in [-0.15, -0.1) is 0 Å². The number of hydrogen-bond acceptors (Lipinski definition) is 5. The second-order valence-corrected chi connectivity index (χ2v) is 7.65. The van der Waals surface area contributed by atoms with Crippen molar-refractivity contribution in [2.24, 2.45) is 7.05 Å². The number of nitrogens with one attached hydrogen (secondary N) is 1. The van der Waals surface area contributed by atoms with Gasteiger partial charge in [-0.2, -0.15) is 5.10 Å². The fourth-order valence-electron chi connectivity index (χ4n) is 2.86. The first-order valence-electron chi connectivity index (χ1n) is 7.74. The van der Waals surface area contributed by atoms with Crippen LogP contribution in [0.1, 0.15) is 12.0 Å². The molecule has 128 valence electrons. The largest absolute Gasteiger partial charge is 0.354 e. The Bertz CT molecular complexity index is 908. The van der Waals surface area contributed by atoms with Gasteiger partial charge in [0.15, 0.2) is 0 Å². The molecule has 0 saturated carbocycles. The number of anilines is 1. The van der Waals surface area contributed by atoms with Crippen molar-refractivity contribution in [3.8, 4) is 0 Å². The van der Waals surface area contributed by atoms with Gasteiger partial charge in [0.05, 0.1) is 4.90 Å². The molecule has 2 heterocycles. The standard InChI is InChI=1S/C16H20N4O3S/c1-12-5-3-4-6-14(12)24(22,23)18-13-9-10-20(11-13)15-7-8-16(21)19(2)17-15/h3-8,13,18H,9-11H2,1-2H3. The van der Waals surface area contributed by atoms with Crippen molar-refractivity contribution in [2.45, 2.75) is 24.3 Å². The van der Waals surface area contributed by atoms with E-state index >= 15 is 0 Å². The number of rotatable bonds is 4. The van der Waals surface area contributed by atoms with Crippen LogP contribution in [0, 0.1) is 6.92 Å². The molecule has 3 rings (SSSR count). The van der Waals surface area contributed by atoms with E-state index in [9.17, 15) is 13.2 Å². The van der Waals surface area contributed by atoms with Crippen LogP contribution in [-0.4, -0.2) is 37.3 Å². The van der Waals surface area contributed by atoms with Crippen LogP contribution in [0.2, 0.25) is 0 Å². The first-order valence-corrected chi connectivity index (χ1v) is 9.22. The van der Waals surface area contributed by atoms with E-state index in [1.165, 1.54) is 10.7 Å². The molecule has 1 aromatic carbocycles. The molecule has 0 radical (unpaired) electrons. The molecule has 0 aliphatic carbocycles. The molecule has 0 bridgehead atoms. The summed E-state index contributed by atoms with van der Waals surface area (Å²) in [5.41, 5.74) is 0.550. The Balaban J connectivity index is 1.73. The lowest BCUT2D eigenvalue weighted by Gasteiger charge is -2.18. The highest BCUT2D eigenvalue weighted by atomic mass is 32.2. The van der Waals surface area contributed by atoms with Crippen molar-refractivity contribution in [2.75, 3.05) is 18.0 Å². The predicted molar refractivity (Wildman–Crippen MR) is 91.6 cm³/mol. The quantitative estimate of drug-likeness (QED) is 0.877. The maximum atomic E-state index is 12.6. The smallest absolute Gasteiger partial charge is 0.266 e. The minimum atomic E-state index is -3.55. The zero-order chi connectivity index (χ0) is 17.3. The molecule has 24 heavy (non-hydrogen) atoms. The van der Waals surface area contributed by atoms with Crippen molar-refractivity contribution < 1.29 is 8.42 Å². The normalized spacial score (nSPS) is 18.1. The van der Waals surface area contributed by atoms with E-state index in [0.717, 1.165) is 5.56 Å². The Kier molecular flexibility index (Phi) is 4.42. The Morgan fingerprint density at radius 1 is 1.21 bits per heavy atom. The molecule has 1 aromatic heterocycles. The third kappa shape index (κ3) is 3.34. The van der Waals surface area contributed by atoms with Gasteiger partial charge in [0.1, 0.15) is 5.82 Å². The Morgan fingerprint density at radius 3 is 2.67 bits per heavy atom. The summed E-state index contributed by atoms with van der Waals surface area (Å²) in [4.78, 5) is 13.7. The van der Waals surface area contributed by atoms with Gasteiger partial charge < -0.3 is 4.90 Å². The molecule has 0 amide bonds. The number of sulfonamides is 1. The van der Waals surface area contributed by atoms with Crippen molar-refractivity contribution in [1.29, 1.82) is 0 Å². The fourth-order valence-corrected chi connectivity index (χ4v) is 4.37. The van der Waals surface area contributed by atoms with Gasteiger partial charge in [-0.3, -0.25) is 4.79 Å². The molecule has 1 N–H and O–H groups in total. The van der Waals surface area contributed by atoms with Crippen LogP contribution in [0.3, 0.4) is 0 Å². The lowest BCUT2D eigenvalue weighted by atomic mass is 10.2. The number of benzene rings is 1. The van der Waals surface area contributed by atoms with Crippen molar-refractivity contribution in [3.63, 3.8) is 0 Å². The topological polar surface area (TPSA) is 84.3 Å². The third-order valence-corrected chi connectivity index (χ3v) is 5.84. The first kappa shape index (κ1) is 16.7. The lowest BCUT2D eigenvalue weighted by molar-refractivity contribution is 0.560. The van der Waals surface area contributed by atoms with Crippen LogP contribution >= 0.6 is 0 Å². The van der Waals surface area contributed by atoms with E-state index < -0.39 is 10.0 Å². The Morgan fingerprint density at radius 2 is 1.96 bits per heavy atom. The summed E-state index contributed by atoms with van der Waals surface area (Å²) in [6, 6.07) is 9.87. The zero-order valence-corrected chi connectivity index (χ0v) is 14.5. The maximum absolute atomic E-state index is 12.6. The molecule has 1 aliphatic heterocycles. The second-order valence-electron chi connectivity index (χ2n) is 5.97. The van der Waals surface area contributed by atoms with Gasteiger partial charge in [-0.1, -0.05) is 18.2 Å². The van der Waals surface area contributed by atoms with E-state index in [2.05, 4.69) is 9.82 Å². The minimum absolute atomic E-state index is 0.172. The molecule has 7 nitrogen and oxygen atoms in total. The van der Waals surface area contributed by atoms with Crippen LogP contribution in [0.15, 0.2) is 46.1 Å². The number of aromatic nitrogens is 2. The van der Waals surface area contributed by atoms with Crippen LogP contribution in [0.5, 0.6) is 0 Å². The summed E-state index contributed by atoms with van der Waals surface area (Å²) < 4.78 is 29.2. The van der Waals surface area contributed by atoms with E-state index in [-0.39, 0.29) is 11.6 Å². The average molecular weight is 348 g/mol. The molecule has 1 fully saturated rings. The van der Waals surface area contributed by atoms with Crippen molar-refractivity contribution >= 4 is 15.8 Å². The summed E-state index contributed by atoms with van der Waals surface area (Å²) >= 11 is 0. The monoisotopic (exact) mass is 348 g/mol. The van der Waals surface area contributed by atoms with Gasteiger partial charge in [-0.25, -0.2) is 17.8 Å². The minimum Gasteiger partial charge on any atom is -0.354 e. The fraction of sp³-hybridized carbons (Fsp3) is 0.375. The van der Waals surface area contributed by atoms with Crippen molar-refractivity contribution in [3.05, 3.63) is 52.3 Å². The predicted octanol–water partition coefficient (Wildman–Crippen LogP) is 0.646. The summed E-state index contributed by atoms with van der Waals surface area (Å²) in [6.07, 6.45) is 0.690. The van der Waals surface area contributed by atoms with Crippen LogP contribution in [-0.2, 0) is 17.1 Å². The number of hydrogen-bond donors (Lipinski definition) is 1. The van der Waals surface area contributed by atoms with E-state index in [1.807, 2.05) is 11.0 Å². The molecule has 1 aliphatic rings. The molecular weight excluding hydrogens is 328 g/mol. The molecular formula is C16H20N4O3S. The first-order chi connectivity index (χ1) is 11.4. The lowest BCUT2D eigenvalue weighted by Crippen LogP contribution is -2.37. The van der Waals surface area contributed by atoms with E-state index in [4.69, 9.17) is 0 Å². The molecule has 8 heteroatoms. The SMILES string of the molecule is Cc1ccccc1S(=O)(=O)NC1CCN(c2ccc(=O)n(C)n2)C1. The van der Waals surface area contributed by atoms with Crippen LogP contribution < -0.4 is 15.2 Å². The highest BCUT2D eigenvalue weighted by molar-refractivity contribution is 7.89. The molecule has 1 atom stereocenters. The molecule has 2 aromatic rings. The number of aryl methyl sites for hydroxylation is 2. The number of nitrogens with zero attached hydrogens (tertiary/aromatic N) is 3. The summed E-state index contributed by atoms with van der Waals surface area (Å²) in [5, 5.41) is 4.21. The molecule has 1 saturated heterocycles. The average Bonchev–Trinajstić information content (AvgIpc) is 2.98. The van der Waals surface area contributed by atoms with Crippen molar-refractivity contribution in [1.82, 2.24) is 14.5 Å². The third-order valence-electron chi connectivity index (χ3n) is 4.16. The van der Waals surface area contributed by atoms with Gasteiger partial charge >= 0.3 is 0 Å². The van der Waals surface area contributed by atoms with Gasteiger partial charge in [0, 0.05) is 32.2 Å². The van der Waals surface area contributed by atoms with Gasteiger partial charge in [-0.05, 0) is 31.0 Å². The zero-order valence-electron chi connectivity index (χ0n) is 13.6. The summed E-state index contributed by atoms with van der Waals surface area (Å²) in [5.74, 6) is 0.676. The van der Waals surface area contributed by atoms with E-state index in [0.29, 0.717) is 30.2 Å². The van der Waals surface area contributed by atoms with Gasteiger partial charge in [0.25, 0.3) is 5.56 Å². The summed E-state index contributed by atoms with van der Waals surface area (Å²) in [6.45, 7) is 2.99. The second kappa shape index (κ2) is 6.37.